The molecule has 0 radical (unpaired) electrons. The van der Waals surface area contributed by atoms with Gasteiger partial charge in [0.1, 0.15) is 6.61 Å². The Morgan fingerprint density at radius 3 is 2.20 bits per heavy atom. The Bertz CT molecular complexity index is 652. The van der Waals surface area contributed by atoms with Crippen LogP contribution in [-0.4, -0.2) is 48.6 Å². The van der Waals surface area contributed by atoms with Crippen LogP contribution in [-0.2, 0) is 11.3 Å². The Labute approximate surface area is 150 Å². The van der Waals surface area contributed by atoms with Crippen molar-refractivity contribution in [3.63, 3.8) is 0 Å². The number of amides is 1. The first-order chi connectivity index (χ1) is 12.2. The summed E-state index contributed by atoms with van der Waals surface area (Å²) in [6.07, 6.45) is -0.209. The van der Waals surface area contributed by atoms with Gasteiger partial charge in [0, 0.05) is 32.7 Å². The Balaban J connectivity index is 1.41. The van der Waals surface area contributed by atoms with Crippen LogP contribution in [0.3, 0.4) is 0 Å². The van der Waals surface area contributed by atoms with Crippen molar-refractivity contribution in [2.45, 2.75) is 19.4 Å². The molecule has 1 heterocycles. The van der Waals surface area contributed by atoms with Crippen LogP contribution in [0.1, 0.15) is 24.0 Å². The fourth-order valence-electron chi connectivity index (χ4n) is 3.20. The lowest BCUT2D eigenvalue weighted by atomic mass is 10.0. The molecule has 1 unspecified atom stereocenters. The standard InChI is InChI=1S/C21H26N2O2/c1-18(20-10-6-3-7-11-20)16-22-12-14-23(15-13-22)21(24)25-17-19-8-4-2-5-9-19/h2-11,18H,12-17H2,1H3. The van der Waals surface area contributed by atoms with E-state index in [1.165, 1.54) is 5.56 Å². The van der Waals surface area contributed by atoms with Crippen molar-refractivity contribution in [3.8, 4) is 0 Å². The van der Waals surface area contributed by atoms with Crippen LogP contribution in [0.4, 0.5) is 4.79 Å². The zero-order chi connectivity index (χ0) is 17.5. The number of piperazine rings is 1. The summed E-state index contributed by atoms with van der Waals surface area (Å²) in [5, 5.41) is 0. The highest BCUT2D eigenvalue weighted by atomic mass is 16.6. The van der Waals surface area contributed by atoms with Gasteiger partial charge in [-0.05, 0) is 17.0 Å². The van der Waals surface area contributed by atoms with Gasteiger partial charge >= 0.3 is 6.09 Å². The Kier molecular flexibility index (Phi) is 6.07. The molecule has 0 bridgehead atoms. The van der Waals surface area contributed by atoms with E-state index >= 15 is 0 Å². The van der Waals surface area contributed by atoms with E-state index in [0.29, 0.717) is 12.5 Å². The molecule has 0 N–H and O–H groups in total. The number of rotatable bonds is 5. The van der Waals surface area contributed by atoms with Gasteiger partial charge in [0.25, 0.3) is 0 Å². The van der Waals surface area contributed by atoms with Gasteiger partial charge in [-0.15, -0.1) is 0 Å². The van der Waals surface area contributed by atoms with Crippen LogP contribution >= 0.6 is 0 Å². The van der Waals surface area contributed by atoms with E-state index in [1.807, 2.05) is 35.2 Å². The highest BCUT2D eigenvalue weighted by Gasteiger charge is 2.23. The minimum absolute atomic E-state index is 0.209. The second kappa shape index (κ2) is 8.67. The number of nitrogens with zero attached hydrogens (tertiary/aromatic N) is 2. The minimum Gasteiger partial charge on any atom is -0.445 e. The quantitative estimate of drug-likeness (QED) is 0.832. The molecule has 2 aromatic carbocycles. The average Bonchev–Trinajstić information content (AvgIpc) is 2.68. The lowest BCUT2D eigenvalue weighted by molar-refractivity contribution is 0.0706. The average molecular weight is 338 g/mol. The van der Waals surface area contributed by atoms with E-state index in [0.717, 1.165) is 38.3 Å². The summed E-state index contributed by atoms with van der Waals surface area (Å²) >= 11 is 0. The molecule has 1 fully saturated rings. The van der Waals surface area contributed by atoms with E-state index in [-0.39, 0.29) is 6.09 Å². The zero-order valence-electron chi connectivity index (χ0n) is 14.8. The van der Waals surface area contributed by atoms with Crippen molar-refractivity contribution >= 4 is 6.09 Å². The Hall–Kier alpha value is -2.33. The van der Waals surface area contributed by atoms with Crippen LogP contribution in [0.2, 0.25) is 0 Å². The summed E-state index contributed by atoms with van der Waals surface area (Å²) in [5.41, 5.74) is 2.39. The summed E-state index contributed by atoms with van der Waals surface area (Å²) < 4.78 is 5.42. The molecule has 2 aromatic rings. The van der Waals surface area contributed by atoms with E-state index in [4.69, 9.17) is 4.74 Å². The molecule has 4 heteroatoms. The summed E-state index contributed by atoms with van der Waals surface area (Å²) in [6, 6.07) is 20.4. The number of carbonyl (C=O) groups is 1. The molecule has 0 spiro atoms. The maximum atomic E-state index is 12.2. The fraction of sp³-hybridized carbons (Fsp3) is 0.381. The summed E-state index contributed by atoms with van der Waals surface area (Å²) in [4.78, 5) is 16.4. The molecule has 0 saturated carbocycles. The molecule has 4 nitrogen and oxygen atoms in total. The van der Waals surface area contributed by atoms with Crippen molar-refractivity contribution in [2.75, 3.05) is 32.7 Å². The first-order valence-electron chi connectivity index (χ1n) is 8.95. The first-order valence-corrected chi connectivity index (χ1v) is 8.95. The van der Waals surface area contributed by atoms with Crippen LogP contribution in [0.5, 0.6) is 0 Å². The van der Waals surface area contributed by atoms with Gasteiger partial charge in [-0.3, -0.25) is 4.90 Å². The van der Waals surface area contributed by atoms with E-state index in [2.05, 4.69) is 42.2 Å². The second-order valence-electron chi connectivity index (χ2n) is 6.64. The molecule has 1 aliphatic heterocycles. The largest absolute Gasteiger partial charge is 0.445 e. The molecule has 1 amide bonds. The SMILES string of the molecule is CC(CN1CCN(C(=O)OCc2ccccc2)CC1)c1ccccc1. The Morgan fingerprint density at radius 2 is 1.56 bits per heavy atom. The molecule has 1 atom stereocenters. The van der Waals surface area contributed by atoms with Gasteiger partial charge in [0.05, 0.1) is 0 Å². The first kappa shape index (κ1) is 17.5. The highest BCUT2D eigenvalue weighted by Crippen LogP contribution is 2.17. The summed E-state index contributed by atoms with van der Waals surface area (Å²) in [7, 11) is 0. The highest BCUT2D eigenvalue weighted by molar-refractivity contribution is 5.67. The van der Waals surface area contributed by atoms with Crippen molar-refractivity contribution < 1.29 is 9.53 Å². The molecule has 1 saturated heterocycles. The molecule has 0 aromatic heterocycles. The maximum Gasteiger partial charge on any atom is 0.410 e. The second-order valence-corrected chi connectivity index (χ2v) is 6.64. The minimum atomic E-state index is -0.209. The number of hydrogen-bond donors (Lipinski definition) is 0. The number of hydrogen-bond acceptors (Lipinski definition) is 3. The normalized spacial score (nSPS) is 16.4. The molecule has 1 aliphatic rings. The smallest absolute Gasteiger partial charge is 0.410 e. The molecule has 132 valence electrons. The molecule has 25 heavy (non-hydrogen) atoms. The van der Waals surface area contributed by atoms with E-state index in [1.54, 1.807) is 0 Å². The molecule has 0 aliphatic carbocycles. The lowest BCUT2D eigenvalue weighted by Crippen LogP contribution is -2.49. The Morgan fingerprint density at radius 1 is 0.960 bits per heavy atom. The van der Waals surface area contributed by atoms with E-state index < -0.39 is 0 Å². The predicted molar refractivity (Wildman–Crippen MR) is 99.5 cm³/mol. The third-order valence-corrected chi connectivity index (χ3v) is 4.74. The predicted octanol–water partition coefficient (Wildman–Crippen LogP) is 3.74. The van der Waals surface area contributed by atoms with Crippen LogP contribution in [0.25, 0.3) is 0 Å². The van der Waals surface area contributed by atoms with Crippen molar-refractivity contribution in [1.82, 2.24) is 9.80 Å². The van der Waals surface area contributed by atoms with Crippen LogP contribution in [0, 0.1) is 0 Å². The van der Waals surface area contributed by atoms with Gasteiger partial charge in [-0.2, -0.15) is 0 Å². The maximum absolute atomic E-state index is 12.2. The monoisotopic (exact) mass is 338 g/mol. The van der Waals surface area contributed by atoms with E-state index in [9.17, 15) is 4.79 Å². The van der Waals surface area contributed by atoms with Gasteiger partial charge in [-0.1, -0.05) is 67.6 Å². The topological polar surface area (TPSA) is 32.8 Å². The summed E-state index contributed by atoms with van der Waals surface area (Å²) in [6.45, 7) is 6.89. The van der Waals surface area contributed by atoms with Crippen LogP contribution in [0.15, 0.2) is 60.7 Å². The molecular weight excluding hydrogens is 312 g/mol. The van der Waals surface area contributed by atoms with Gasteiger partial charge < -0.3 is 9.64 Å². The molecular formula is C21H26N2O2. The van der Waals surface area contributed by atoms with Crippen molar-refractivity contribution in [2.24, 2.45) is 0 Å². The number of benzene rings is 2. The van der Waals surface area contributed by atoms with Crippen molar-refractivity contribution in [3.05, 3.63) is 71.8 Å². The summed E-state index contributed by atoms with van der Waals surface area (Å²) in [5.74, 6) is 0.498. The van der Waals surface area contributed by atoms with Gasteiger partial charge in [0.15, 0.2) is 0 Å². The third kappa shape index (κ3) is 5.07. The number of ether oxygens (including phenoxy) is 1. The lowest BCUT2D eigenvalue weighted by Gasteiger charge is -2.35. The van der Waals surface area contributed by atoms with Gasteiger partial charge in [0.2, 0.25) is 0 Å². The zero-order valence-corrected chi connectivity index (χ0v) is 14.8. The fourth-order valence-corrected chi connectivity index (χ4v) is 3.20. The van der Waals surface area contributed by atoms with Crippen molar-refractivity contribution in [1.29, 1.82) is 0 Å². The number of carbonyl (C=O) groups excluding carboxylic acids is 1. The third-order valence-electron chi connectivity index (χ3n) is 4.74. The van der Waals surface area contributed by atoms with Crippen LogP contribution < -0.4 is 0 Å². The van der Waals surface area contributed by atoms with Gasteiger partial charge in [-0.25, -0.2) is 4.79 Å². The molecule has 3 rings (SSSR count).